The lowest BCUT2D eigenvalue weighted by Crippen LogP contribution is -2.30. The highest BCUT2D eigenvalue weighted by Gasteiger charge is 2.34. The van der Waals surface area contributed by atoms with Gasteiger partial charge in [0.1, 0.15) is 25.1 Å². The van der Waals surface area contributed by atoms with Crippen molar-refractivity contribution in [1.29, 1.82) is 0 Å². The summed E-state index contributed by atoms with van der Waals surface area (Å²) in [6.07, 6.45) is 2.20. The minimum absolute atomic E-state index is 0.435. The van der Waals surface area contributed by atoms with Crippen molar-refractivity contribution in [2.45, 2.75) is 12.7 Å². The van der Waals surface area contributed by atoms with Gasteiger partial charge in [-0.05, 0) is 18.6 Å². The Morgan fingerprint density at radius 2 is 1.72 bits per heavy atom. The molecule has 0 aliphatic carbocycles. The summed E-state index contributed by atoms with van der Waals surface area (Å²) in [5, 5.41) is 0. The molecule has 0 amide bonds. The smallest absolute Gasteiger partial charge is 0.520 e. The molecule has 3 nitrogen and oxygen atoms in total. The van der Waals surface area contributed by atoms with Gasteiger partial charge in [0.15, 0.2) is 0 Å². The molecule has 1 aromatic carbocycles. The van der Waals surface area contributed by atoms with E-state index in [9.17, 15) is 0 Å². The van der Waals surface area contributed by atoms with Crippen LogP contribution in [0, 0.1) is 0 Å². The van der Waals surface area contributed by atoms with Gasteiger partial charge in [0.05, 0.1) is 6.61 Å². The SMILES string of the molecule is BCCCOc1ccc(B2OC(=C)C(=C)O2)cc1. The summed E-state index contributed by atoms with van der Waals surface area (Å²) < 4.78 is 16.5. The van der Waals surface area contributed by atoms with E-state index in [-0.39, 0.29) is 0 Å². The second kappa shape index (κ2) is 5.71. The summed E-state index contributed by atoms with van der Waals surface area (Å²) in [5.74, 6) is 1.84. The molecule has 0 saturated carbocycles. The van der Waals surface area contributed by atoms with E-state index in [4.69, 9.17) is 14.0 Å². The van der Waals surface area contributed by atoms with E-state index in [1.807, 2.05) is 24.3 Å². The molecule has 2 rings (SSSR count). The maximum Gasteiger partial charge on any atom is 0.632 e. The van der Waals surface area contributed by atoms with E-state index in [0.717, 1.165) is 30.6 Å². The highest BCUT2D eigenvalue weighted by atomic mass is 16.6. The van der Waals surface area contributed by atoms with Gasteiger partial charge in [-0.15, -0.1) is 0 Å². The average Bonchev–Trinajstić information content (AvgIpc) is 2.71. The first kappa shape index (κ1) is 12.7. The molecule has 92 valence electrons. The molecule has 18 heavy (non-hydrogen) atoms. The lowest BCUT2D eigenvalue weighted by atomic mass is 9.79. The number of ether oxygens (including phenoxy) is 1. The maximum atomic E-state index is 5.59. The fourth-order valence-electron chi connectivity index (χ4n) is 1.61. The summed E-state index contributed by atoms with van der Waals surface area (Å²) in [6, 6.07) is 7.69. The van der Waals surface area contributed by atoms with Crippen molar-refractivity contribution in [3.8, 4) is 5.75 Å². The van der Waals surface area contributed by atoms with E-state index in [0.29, 0.717) is 11.5 Å². The molecule has 0 atom stereocenters. The molecule has 1 heterocycles. The van der Waals surface area contributed by atoms with Gasteiger partial charge in [0, 0.05) is 5.46 Å². The van der Waals surface area contributed by atoms with Crippen molar-refractivity contribution in [2.24, 2.45) is 0 Å². The summed E-state index contributed by atoms with van der Waals surface area (Å²) in [5.41, 5.74) is 0.928. The Morgan fingerprint density at radius 1 is 1.11 bits per heavy atom. The molecule has 0 N–H and O–H groups in total. The molecule has 1 aliphatic heterocycles. The van der Waals surface area contributed by atoms with Crippen LogP contribution < -0.4 is 10.2 Å². The molecule has 0 unspecified atom stereocenters. The van der Waals surface area contributed by atoms with Crippen LogP contribution in [0.15, 0.2) is 48.9 Å². The quantitative estimate of drug-likeness (QED) is 0.574. The fourth-order valence-corrected chi connectivity index (χ4v) is 1.61. The van der Waals surface area contributed by atoms with Crippen LogP contribution in [0.5, 0.6) is 5.75 Å². The van der Waals surface area contributed by atoms with Gasteiger partial charge >= 0.3 is 7.12 Å². The summed E-state index contributed by atoms with van der Waals surface area (Å²) in [7, 11) is 1.70. The molecule has 0 aromatic heterocycles. The molecule has 1 aliphatic rings. The van der Waals surface area contributed by atoms with Gasteiger partial charge in [0.25, 0.3) is 0 Å². The average molecular weight is 242 g/mol. The molecular weight excluding hydrogens is 226 g/mol. The topological polar surface area (TPSA) is 27.7 Å². The first-order valence-electron chi connectivity index (χ1n) is 6.15. The van der Waals surface area contributed by atoms with Gasteiger partial charge < -0.3 is 14.0 Å². The first-order valence-corrected chi connectivity index (χ1v) is 6.15. The lowest BCUT2D eigenvalue weighted by Gasteiger charge is -2.07. The Balaban J connectivity index is 1.95. The summed E-state index contributed by atoms with van der Waals surface area (Å²) in [6.45, 7) is 8.16. The molecule has 1 saturated heterocycles. The van der Waals surface area contributed by atoms with Crippen molar-refractivity contribution in [3.63, 3.8) is 0 Å². The molecule has 1 fully saturated rings. The second-order valence-electron chi connectivity index (χ2n) is 4.19. The Hall–Kier alpha value is -1.77. The number of benzene rings is 1. The van der Waals surface area contributed by atoms with Crippen molar-refractivity contribution in [3.05, 3.63) is 48.9 Å². The van der Waals surface area contributed by atoms with Crippen LogP contribution in [0.2, 0.25) is 6.32 Å². The fraction of sp³-hybridized carbons (Fsp3) is 0.231. The molecule has 0 spiro atoms. The Kier molecular flexibility index (Phi) is 4.03. The zero-order chi connectivity index (χ0) is 13.0. The van der Waals surface area contributed by atoms with Crippen molar-refractivity contribution in [1.82, 2.24) is 0 Å². The van der Waals surface area contributed by atoms with Crippen LogP contribution in [-0.4, -0.2) is 21.6 Å². The minimum Gasteiger partial charge on any atom is -0.520 e. The van der Waals surface area contributed by atoms with Crippen LogP contribution >= 0.6 is 0 Å². The minimum atomic E-state index is -0.435. The first-order chi connectivity index (χ1) is 8.70. The van der Waals surface area contributed by atoms with Crippen LogP contribution in [0.3, 0.4) is 0 Å². The summed E-state index contributed by atoms with van der Waals surface area (Å²) >= 11 is 0. The van der Waals surface area contributed by atoms with Crippen LogP contribution in [-0.2, 0) is 9.31 Å². The molecule has 0 radical (unpaired) electrons. The largest absolute Gasteiger partial charge is 0.632 e. The normalized spacial score (nSPS) is 14.3. The van der Waals surface area contributed by atoms with Crippen LogP contribution in [0.4, 0.5) is 0 Å². The zero-order valence-electron chi connectivity index (χ0n) is 10.6. The summed E-state index contributed by atoms with van der Waals surface area (Å²) in [4.78, 5) is 0. The van der Waals surface area contributed by atoms with Gasteiger partial charge in [-0.25, -0.2) is 0 Å². The third-order valence-corrected chi connectivity index (χ3v) is 2.73. The number of rotatable bonds is 5. The number of hydrogen-bond acceptors (Lipinski definition) is 3. The molecule has 1 aromatic rings. The second-order valence-corrected chi connectivity index (χ2v) is 4.19. The van der Waals surface area contributed by atoms with Crippen LogP contribution in [0.25, 0.3) is 0 Å². The molecule has 5 heteroatoms. The van der Waals surface area contributed by atoms with Gasteiger partial charge in [-0.3, -0.25) is 0 Å². The van der Waals surface area contributed by atoms with Gasteiger partial charge in [0.2, 0.25) is 0 Å². The Labute approximate surface area is 109 Å². The standard InChI is InChI=1S/C13H16B2O3/c1-10-11(2)18-15(17-10)12-4-6-13(7-5-12)16-9-3-8-14/h4-7H,1-3,8-9,14H2. The van der Waals surface area contributed by atoms with E-state index in [1.165, 1.54) is 0 Å². The monoisotopic (exact) mass is 242 g/mol. The van der Waals surface area contributed by atoms with Crippen molar-refractivity contribution >= 4 is 20.4 Å². The van der Waals surface area contributed by atoms with E-state index >= 15 is 0 Å². The third kappa shape index (κ3) is 2.92. The van der Waals surface area contributed by atoms with E-state index < -0.39 is 7.12 Å². The van der Waals surface area contributed by atoms with Crippen molar-refractivity contribution in [2.75, 3.05) is 6.61 Å². The highest BCUT2D eigenvalue weighted by Crippen LogP contribution is 2.20. The predicted octanol–water partition coefficient (Wildman–Crippen LogP) is 1.28. The Bertz CT molecular complexity index is 426. The van der Waals surface area contributed by atoms with Crippen LogP contribution in [0.1, 0.15) is 6.42 Å². The van der Waals surface area contributed by atoms with E-state index in [1.54, 1.807) is 0 Å². The zero-order valence-corrected chi connectivity index (χ0v) is 10.6. The molecule has 0 bridgehead atoms. The van der Waals surface area contributed by atoms with E-state index in [2.05, 4.69) is 21.0 Å². The lowest BCUT2D eigenvalue weighted by molar-refractivity contribution is 0.317. The highest BCUT2D eigenvalue weighted by molar-refractivity contribution is 6.62. The van der Waals surface area contributed by atoms with Gasteiger partial charge in [-0.2, -0.15) is 0 Å². The predicted molar refractivity (Wildman–Crippen MR) is 75.7 cm³/mol. The van der Waals surface area contributed by atoms with Gasteiger partial charge in [-0.1, -0.05) is 31.6 Å². The van der Waals surface area contributed by atoms with Crippen molar-refractivity contribution < 1.29 is 14.0 Å². The maximum absolute atomic E-state index is 5.59. The number of hydrogen-bond donors (Lipinski definition) is 0. The third-order valence-electron chi connectivity index (χ3n) is 2.73. The Morgan fingerprint density at radius 3 is 2.28 bits per heavy atom. The molecular formula is C13H16B2O3.